The summed E-state index contributed by atoms with van der Waals surface area (Å²) in [5.41, 5.74) is -0.992. The summed E-state index contributed by atoms with van der Waals surface area (Å²) in [4.78, 5) is 27.3. The zero-order valence-corrected chi connectivity index (χ0v) is 18.6. The van der Waals surface area contributed by atoms with Crippen molar-refractivity contribution < 1.29 is 19.8 Å². The topological polar surface area (TPSA) is 121 Å². The van der Waals surface area contributed by atoms with Crippen molar-refractivity contribution in [1.29, 1.82) is 0 Å². The molecule has 2 amide bonds. The van der Waals surface area contributed by atoms with E-state index in [4.69, 9.17) is 0 Å². The number of rotatable bonds is 5. The average Bonchev–Trinajstić information content (AvgIpc) is 3.34. The Bertz CT molecular complexity index is 935. The number of carbonyl (C=O) groups is 2. The van der Waals surface area contributed by atoms with E-state index < -0.39 is 29.2 Å². The summed E-state index contributed by atoms with van der Waals surface area (Å²) in [7, 11) is 1.51. The molecule has 2 aromatic rings. The summed E-state index contributed by atoms with van der Waals surface area (Å²) >= 11 is 0. The number of benzene rings is 1. The average molecular weight is 430 g/mol. The molecule has 9 heteroatoms. The fourth-order valence-corrected chi connectivity index (χ4v) is 4.05. The van der Waals surface area contributed by atoms with Gasteiger partial charge in [0, 0.05) is 20.0 Å². The van der Waals surface area contributed by atoms with E-state index in [9.17, 15) is 19.8 Å². The maximum atomic E-state index is 13.6. The number of likely N-dealkylation sites (tertiary alicyclic amines) is 1. The summed E-state index contributed by atoms with van der Waals surface area (Å²) in [5.74, 6) is -0.641. The number of hydrogen-bond donors (Lipinski definition) is 3. The molecule has 2 heterocycles. The Morgan fingerprint density at radius 2 is 1.84 bits per heavy atom. The molecule has 1 aliphatic rings. The third-order valence-corrected chi connectivity index (χ3v) is 5.77. The van der Waals surface area contributed by atoms with Gasteiger partial charge in [0.15, 0.2) is 0 Å². The Morgan fingerprint density at radius 1 is 1.19 bits per heavy atom. The van der Waals surface area contributed by atoms with Gasteiger partial charge in [-0.2, -0.15) is 0 Å². The lowest BCUT2D eigenvalue weighted by molar-refractivity contribution is -0.144. The monoisotopic (exact) mass is 429 g/mol. The molecule has 31 heavy (non-hydrogen) atoms. The summed E-state index contributed by atoms with van der Waals surface area (Å²) in [5, 5.41) is 32.1. The fraction of sp³-hybridized carbons (Fsp3) is 0.545. The Hall–Kier alpha value is -2.78. The maximum absolute atomic E-state index is 13.6. The number of β-amino-alcohol motifs (C(OH)–C–C–N with tert-alkyl or cyclic N) is 1. The van der Waals surface area contributed by atoms with E-state index in [1.165, 1.54) is 16.6 Å². The van der Waals surface area contributed by atoms with Crippen LogP contribution in [0.5, 0.6) is 0 Å². The number of hydrogen-bond acceptors (Lipinski definition) is 6. The van der Waals surface area contributed by atoms with Gasteiger partial charge in [0.05, 0.1) is 12.3 Å². The molecule has 3 N–H and O–H groups in total. The van der Waals surface area contributed by atoms with E-state index in [0.29, 0.717) is 11.3 Å². The molecule has 1 saturated heterocycles. The van der Waals surface area contributed by atoms with Crippen LogP contribution in [0.3, 0.4) is 0 Å². The van der Waals surface area contributed by atoms with Crippen LogP contribution < -0.4 is 5.32 Å². The zero-order valence-electron chi connectivity index (χ0n) is 18.6. The molecule has 9 nitrogen and oxygen atoms in total. The lowest BCUT2D eigenvalue weighted by Gasteiger charge is -2.34. The first-order valence-electron chi connectivity index (χ1n) is 10.4. The number of likely N-dealkylation sites (N-methyl/N-ethyl adjacent to an activating group) is 1. The van der Waals surface area contributed by atoms with Gasteiger partial charge >= 0.3 is 0 Å². The van der Waals surface area contributed by atoms with Crippen molar-refractivity contribution in [1.82, 2.24) is 25.2 Å². The number of aromatic nitrogens is 3. The van der Waals surface area contributed by atoms with E-state index in [0.717, 1.165) is 0 Å². The molecule has 1 aromatic heterocycles. The second-order valence-corrected chi connectivity index (χ2v) is 9.30. The lowest BCUT2D eigenvalue weighted by atomic mass is 9.85. The standard InChI is InChI=1S/C22H31N5O4/c1-21(2,3)18(20(30)26-12-15(28)11-16(26)19(29)23-5)27-13-17(24-25-27)22(4,31)14-9-7-6-8-10-14/h6-10,13,15-16,18,28,31H,11-12H2,1-5H3,(H,23,29). The largest absolute Gasteiger partial charge is 0.391 e. The highest BCUT2D eigenvalue weighted by Crippen LogP contribution is 2.35. The van der Waals surface area contributed by atoms with Crippen molar-refractivity contribution in [2.45, 2.75) is 57.9 Å². The van der Waals surface area contributed by atoms with E-state index in [-0.39, 0.29) is 24.8 Å². The minimum Gasteiger partial charge on any atom is -0.391 e. The van der Waals surface area contributed by atoms with Crippen molar-refractivity contribution in [3.63, 3.8) is 0 Å². The third-order valence-electron chi connectivity index (χ3n) is 5.77. The predicted octanol–water partition coefficient (Wildman–Crippen LogP) is 0.829. The number of aliphatic hydroxyl groups is 2. The van der Waals surface area contributed by atoms with Crippen LogP contribution in [-0.2, 0) is 15.2 Å². The first kappa shape index (κ1) is 22.9. The van der Waals surface area contributed by atoms with Gasteiger partial charge in [0.1, 0.15) is 23.4 Å². The predicted molar refractivity (Wildman–Crippen MR) is 114 cm³/mol. The SMILES string of the molecule is CNC(=O)C1CC(O)CN1C(=O)C(n1cc(C(C)(O)c2ccccc2)nn1)C(C)(C)C. The number of amides is 2. The van der Waals surface area contributed by atoms with Crippen molar-refractivity contribution in [3.05, 3.63) is 47.8 Å². The summed E-state index contributed by atoms with van der Waals surface area (Å²) < 4.78 is 1.45. The lowest BCUT2D eigenvalue weighted by Crippen LogP contribution is -2.49. The molecule has 0 bridgehead atoms. The van der Waals surface area contributed by atoms with E-state index in [1.54, 1.807) is 25.3 Å². The van der Waals surface area contributed by atoms with Crippen LogP contribution in [0.15, 0.2) is 36.5 Å². The van der Waals surface area contributed by atoms with Crippen molar-refractivity contribution in [3.8, 4) is 0 Å². The number of aliphatic hydroxyl groups excluding tert-OH is 1. The Labute approximate surface area is 182 Å². The molecular formula is C22H31N5O4. The van der Waals surface area contributed by atoms with Gasteiger partial charge in [-0.05, 0) is 17.9 Å². The molecule has 0 spiro atoms. The molecule has 0 saturated carbocycles. The molecule has 1 aromatic carbocycles. The smallest absolute Gasteiger partial charge is 0.248 e. The van der Waals surface area contributed by atoms with Crippen LogP contribution in [-0.4, -0.2) is 67.7 Å². The minimum absolute atomic E-state index is 0.0762. The van der Waals surface area contributed by atoms with Gasteiger partial charge in [-0.1, -0.05) is 56.3 Å². The van der Waals surface area contributed by atoms with Gasteiger partial charge < -0.3 is 20.4 Å². The molecule has 1 aliphatic heterocycles. The second-order valence-electron chi connectivity index (χ2n) is 9.30. The molecule has 0 aliphatic carbocycles. The first-order valence-corrected chi connectivity index (χ1v) is 10.4. The molecule has 4 atom stereocenters. The van der Waals surface area contributed by atoms with Gasteiger partial charge in [-0.3, -0.25) is 9.59 Å². The quantitative estimate of drug-likeness (QED) is 0.647. The summed E-state index contributed by atoms with van der Waals surface area (Å²) in [6.45, 7) is 7.39. The third kappa shape index (κ3) is 4.47. The van der Waals surface area contributed by atoms with Crippen molar-refractivity contribution >= 4 is 11.8 Å². The number of carbonyl (C=O) groups excluding carboxylic acids is 2. The van der Waals surface area contributed by atoms with Crippen LogP contribution in [0.4, 0.5) is 0 Å². The summed E-state index contributed by atoms with van der Waals surface area (Å²) in [6.07, 6.45) is 0.993. The fourth-order valence-electron chi connectivity index (χ4n) is 4.05. The number of nitrogens with one attached hydrogen (secondary N) is 1. The van der Waals surface area contributed by atoms with Crippen LogP contribution in [0.2, 0.25) is 0 Å². The van der Waals surface area contributed by atoms with E-state index in [2.05, 4.69) is 15.6 Å². The molecule has 0 radical (unpaired) electrons. The van der Waals surface area contributed by atoms with Gasteiger partial charge in [0.2, 0.25) is 11.8 Å². The summed E-state index contributed by atoms with van der Waals surface area (Å²) in [6, 6.07) is 7.58. The van der Waals surface area contributed by atoms with Crippen molar-refractivity contribution in [2.75, 3.05) is 13.6 Å². The molecule has 3 rings (SSSR count). The molecular weight excluding hydrogens is 398 g/mol. The van der Waals surface area contributed by atoms with Crippen LogP contribution in [0.25, 0.3) is 0 Å². The van der Waals surface area contributed by atoms with E-state index in [1.807, 2.05) is 39.0 Å². The van der Waals surface area contributed by atoms with Gasteiger partial charge in [0.25, 0.3) is 0 Å². The van der Waals surface area contributed by atoms with Crippen molar-refractivity contribution in [2.24, 2.45) is 5.41 Å². The van der Waals surface area contributed by atoms with E-state index >= 15 is 0 Å². The molecule has 168 valence electrons. The van der Waals surface area contributed by atoms with Crippen LogP contribution in [0, 0.1) is 5.41 Å². The van der Waals surface area contributed by atoms with Gasteiger partial charge in [-0.25, -0.2) is 4.68 Å². The number of nitrogens with zero attached hydrogens (tertiary/aromatic N) is 4. The molecule has 4 unspecified atom stereocenters. The zero-order chi connectivity index (χ0) is 23.0. The second kappa shape index (κ2) is 8.39. The highest BCUT2D eigenvalue weighted by molar-refractivity contribution is 5.90. The highest BCUT2D eigenvalue weighted by atomic mass is 16.3. The van der Waals surface area contributed by atoms with Crippen LogP contribution in [0.1, 0.15) is 51.4 Å². The first-order chi connectivity index (χ1) is 14.5. The Balaban J connectivity index is 1.96. The maximum Gasteiger partial charge on any atom is 0.248 e. The highest BCUT2D eigenvalue weighted by Gasteiger charge is 2.45. The Kier molecular flexibility index (Phi) is 6.20. The minimum atomic E-state index is -1.39. The van der Waals surface area contributed by atoms with Crippen LogP contribution >= 0.6 is 0 Å². The van der Waals surface area contributed by atoms with Gasteiger partial charge in [-0.15, -0.1) is 5.10 Å². The Morgan fingerprint density at radius 3 is 2.42 bits per heavy atom. The normalized spacial score (nSPS) is 22.1. The molecule has 1 fully saturated rings.